The lowest BCUT2D eigenvalue weighted by Crippen LogP contribution is -2.49. The third-order valence-corrected chi connectivity index (χ3v) is 3.47. The summed E-state index contributed by atoms with van der Waals surface area (Å²) in [6.45, 7) is 6.79. The van der Waals surface area contributed by atoms with Crippen molar-refractivity contribution in [2.45, 2.75) is 19.4 Å². The van der Waals surface area contributed by atoms with E-state index in [1.165, 1.54) is 0 Å². The highest BCUT2D eigenvalue weighted by molar-refractivity contribution is 4.99. The summed E-state index contributed by atoms with van der Waals surface area (Å²) >= 11 is 0. The Morgan fingerprint density at radius 2 is 2.00 bits per heavy atom. The van der Waals surface area contributed by atoms with Crippen molar-refractivity contribution in [1.29, 1.82) is 0 Å². The standard InChI is InChI=1S/C13H23N5O2/c1-11(19)15-4-5-17-6-8-18(9-7-17)13(20)12-10-14-2-3-16-12/h2-3,10-11,13,15,19-20H,4-9H2,1H3. The van der Waals surface area contributed by atoms with E-state index in [-0.39, 0.29) is 0 Å². The van der Waals surface area contributed by atoms with Crippen LogP contribution in [0.1, 0.15) is 18.8 Å². The molecule has 0 amide bonds. The molecule has 1 saturated heterocycles. The Bertz CT molecular complexity index is 382. The van der Waals surface area contributed by atoms with Crippen molar-refractivity contribution in [1.82, 2.24) is 25.1 Å². The number of nitrogens with zero attached hydrogens (tertiary/aromatic N) is 4. The third kappa shape index (κ3) is 4.46. The van der Waals surface area contributed by atoms with E-state index in [0.717, 1.165) is 39.3 Å². The first-order valence-corrected chi connectivity index (χ1v) is 6.98. The molecular formula is C13H23N5O2. The molecule has 2 atom stereocenters. The molecule has 0 aliphatic carbocycles. The van der Waals surface area contributed by atoms with Gasteiger partial charge in [-0.1, -0.05) is 0 Å². The number of hydrogen-bond donors (Lipinski definition) is 3. The minimum Gasteiger partial charge on any atom is -0.379 e. The molecule has 3 N–H and O–H groups in total. The normalized spacial score (nSPS) is 20.8. The molecule has 1 aromatic heterocycles. The van der Waals surface area contributed by atoms with E-state index in [0.29, 0.717) is 5.69 Å². The molecular weight excluding hydrogens is 258 g/mol. The van der Waals surface area contributed by atoms with Crippen LogP contribution in [0, 0.1) is 0 Å². The van der Waals surface area contributed by atoms with Gasteiger partial charge in [0.2, 0.25) is 0 Å². The van der Waals surface area contributed by atoms with E-state index in [9.17, 15) is 5.11 Å². The largest absolute Gasteiger partial charge is 0.379 e. The zero-order valence-electron chi connectivity index (χ0n) is 11.8. The maximum atomic E-state index is 10.2. The van der Waals surface area contributed by atoms with E-state index in [4.69, 9.17) is 5.11 Å². The average molecular weight is 281 g/mol. The van der Waals surface area contributed by atoms with Crippen LogP contribution in [0.4, 0.5) is 0 Å². The van der Waals surface area contributed by atoms with Gasteiger partial charge < -0.3 is 10.2 Å². The van der Waals surface area contributed by atoms with Crippen molar-refractivity contribution in [3.8, 4) is 0 Å². The van der Waals surface area contributed by atoms with Crippen LogP contribution in [-0.4, -0.2) is 75.5 Å². The van der Waals surface area contributed by atoms with Gasteiger partial charge in [-0.15, -0.1) is 0 Å². The van der Waals surface area contributed by atoms with Crippen LogP contribution in [0.3, 0.4) is 0 Å². The minimum atomic E-state index is -0.679. The number of hydrogen-bond acceptors (Lipinski definition) is 7. The molecule has 0 saturated carbocycles. The summed E-state index contributed by atoms with van der Waals surface area (Å²) in [5, 5.41) is 22.4. The SMILES string of the molecule is CC(O)NCCN1CCN(C(O)c2cnccn2)CC1. The van der Waals surface area contributed by atoms with Crippen molar-refractivity contribution in [3.63, 3.8) is 0 Å². The highest BCUT2D eigenvalue weighted by Crippen LogP contribution is 2.16. The molecule has 1 fully saturated rings. The lowest BCUT2D eigenvalue weighted by molar-refractivity contribution is -0.0301. The molecule has 2 unspecified atom stereocenters. The summed E-state index contributed by atoms with van der Waals surface area (Å²) in [5.74, 6) is 0. The second kappa shape index (κ2) is 7.61. The van der Waals surface area contributed by atoms with Gasteiger partial charge in [-0.2, -0.15) is 0 Å². The van der Waals surface area contributed by atoms with Crippen molar-refractivity contribution in [2.75, 3.05) is 39.3 Å². The van der Waals surface area contributed by atoms with Crippen molar-refractivity contribution < 1.29 is 10.2 Å². The summed E-state index contributed by atoms with van der Waals surface area (Å²) in [4.78, 5) is 12.4. The summed E-state index contributed by atoms with van der Waals surface area (Å²) in [7, 11) is 0. The minimum absolute atomic E-state index is 0.463. The lowest BCUT2D eigenvalue weighted by Gasteiger charge is -2.36. The average Bonchev–Trinajstić information content (AvgIpc) is 2.48. The Morgan fingerprint density at radius 3 is 2.60 bits per heavy atom. The second-order valence-corrected chi connectivity index (χ2v) is 5.01. The first-order valence-electron chi connectivity index (χ1n) is 6.98. The second-order valence-electron chi connectivity index (χ2n) is 5.01. The van der Waals surface area contributed by atoms with E-state index >= 15 is 0 Å². The van der Waals surface area contributed by atoms with Crippen molar-refractivity contribution in [3.05, 3.63) is 24.3 Å². The number of aliphatic hydroxyl groups is 2. The number of aromatic nitrogens is 2. The molecule has 1 aliphatic rings. The van der Waals surface area contributed by atoms with Gasteiger partial charge in [0.15, 0.2) is 6.23 Å². The van der Waals surface area contributed by atoms with E-state index in [1.54, 1.807) is 25.5 Å². The first kappa shape index (κ1) is 15.3. The van der Waals surface area contributed by atoms with Crippen LogP contribution in [0.2, 0.25) is 0 Å². The van der Waals surface area contributed by atoms with Crippen LogP contribution in [-0.2, 0) is 0 Å². The molecule has 1 aliphatic heterocycles. The molecule has 0 radical (unpaired) electrons. The molecule has 2 heterocycles. The van der Waals surface area contributed by atoms with Crippen LogP contribution in [0.25, 0.3) is 0 Å². The smallest absolute Gasteiger partial charge is 0.152 e. The molecule has 0 aromatic carbocycles. The van der Waals surface area contributed by atoms with Gasteiger partial charge in [-0.05, 0) is 6.92 Å². The highest BCUT2D eigenvalue weighted by Gasteiger charge is 2.23. The molecule has 7 heteroatoms. The Kier molecular flexibility index (Phi) is 5.81. The van der Waals surface area contributed by atoms with Gasteiger partial charge in [-0.3, -0.25) is 25.1 Å². The summed E-state index contributed by atoms with van der Waals surface area (Å²) in [6.07, 6.45) is 3.65. The Hall–Kier alpha value is -1.12. The highest BCUT2D eigenvalue weighted by atomic mass is 16.3. The van der Waals surface area contributed by atoms with Gasteiger partial charge in [0.25, 0.3) is 0 Å². The number of nitrogens with one attached hydrogen (secondary N) is 1. The molecule has 0 spiro atoms. The van der Waals surface area contributed by atoms with Crippen LogP contribution < -0.4 is 5.32 Å². The summed E-state index contributed by atoms with van der Waals surface area (Å²) in [5.41, 5.74) is 0.594. The van der Waals surface area contributed by atoms with E-state index in [1.807, 2.05) is 4.90 Å². The molecule has 0 bridgehead atoms. The van der Waals surface area contributed by atoms with Crippen LogP contribution >= 0.6 is 0 Å². The lowest BCUT2D eigenvalue weighted by atomic mass is 10.2. The fourth-order valence-electron chi connectivity index (χ4n) is 2.29. The third-order valence-electron chi connectivity index (χ3n) is 3.47. The summed E-state index contributed by atoms with van der Waals surface area (Å²) < 4.78 is 0. The van der Waals surface area contributed by atoms with E-state index in [2.05, 4.69) is 20.2 Å². The first-order chi connectivity index (χ1) is 9.66. The molecule has 20 heavy (non-hydrogen) atoms. The Morgan fingerprint density at radius 1 is 1.25 bits per heavy atom. The van der Waals surface area contributed by atoms with Gasteiger partial charge in [0.05, 0.1) is 6.20 Å². The predicted molar refractivity (Wildman–Crippen MR) is 74.7 cm³/mol. The van der Waals surface area contributed by atoms with Crippen LogP contribution in [0.5, 0.6) is 0 Å². The van der Waals surface area contributed by atoms with Gasteiger partial charge >= 0.3 is 0 Å². The predicted octanol–water partition coefficient (Wildman–Crippen LogP) is -0.987. The van der Waals surface area contributed by atoms with Gasteiger partial charge in [-0.25, -0.2) is 0 Å². The maximum Gasteiger partial charge on any atom is 0.152 e. The number of piperazine rings is 1. The fourth-order valence-corrected chi connectivity index (χ4v) is 2.29. The van der Waals surface area contributed by atoms with Gasteiger partial charge in [0, 0.05) is 51.7 Å². The zero-order chi connectivity index (χ0) is 14.4. The molecule has 2 rings (SSSR count). The quantitative estimate of drug-likeness (QED) is 0.578. The number of aliphatic hydroxyl groups excluding tert-OH is 2. The van der Waals surface area contributed by atoms with Gasteiger partial charge in [0.1, 0.15) is 11.9 Å². The topological polar surface area (TPSA) is 84.8 Å². The van der Waals surface area contributed by atoms with Crippen LogP contribution in [0.15, 0.2) is 18.6 Å². The number of rotatable bonds is 6. The molecule has 7 nitrogen and oxygen atoms in total. The molecule has 1 aromatic rings. The summed E-state index contributed by atoms with van der Waals surface area (Å²) in [6, 6.07) is 0. The monoisotopic (exact) mass is 281 g/mol. The maximum absolute atomic E-state index is 10.2. The van der Waals surface area contributed by atoms with Crippen molar-refractivity contribution >= 4 is 0 Å². The fraction of sp³-hybridized carbons (Fsp3) is 0.692. The van der Waals surface area contributed by atoms with Crippen molar-refractivity contribution in [2.24, 2.45) is 0 Å². The van der Waals surface area contributed by atoms with E-state index < -0.39 is 12.5 Å². The Balaban J connectivity index is 1.74. The molecule has 112 valence electrons. The Labute approximate surface area is 119 Å². The zero-order valence-corrected chi connectivity index (χ0v) is 11.8.